The van der Waals surface area contributed by atoms with Crippen LogP contribution in [0.1, 0.15) is 47.4 Å². The lowest BCUT2D eigenvalue weighted by molar-refractivity contribution is 0.0690. The van der Waals surface area contributed by atoms with Crippen LogP contribution in [0.25, 0.3) is 0 Å². The Morgan fingerprint density at radius 3 is 2.61 bits per heavy atom. The lowest BCUT2D eigenvalue weighted by Gasteiger charge is -2.25. The Kier molecular flexibility index (Phi) is 6.29. The van der Waals surface area contributed by atoms with Gasteiger partial charge in [-0.25, -0.2) is 4.39 Å². The van der Waals surface area contributed by atoms with Crippen LogP contribution in [0.2, 0.25) is 0 Å². The first-order valence-corrected chi connectivity index (χ1v) is 9.54. The molecule has 0 spiro atoms. The zero-order valence-electron chi connectivity index (χ0n) is 16.2. The van der Waals surface area contributed by atoms with Crippen LogP contribution in [0.3, 0.4) is 0 Å². The normalized spacial score (nSPS) is 16.3. The summed E-state index contributed by atoms with van der Waals surface area (Å²) in [4.78, 5) is 26.4. The van der Waals surface area contributed by atoms with E-state index in [2.05, 4.69) is 5.32 Å². The van der Waals surface area contributed by atoms with Crippen LogP contribution >= 0.6 is 0 Å². The lowest BCUT2D eigenvalue weighted by Crippen LogP contribution is -2.39. The van der Waals surface area contributed by atoms with Gasteiger partial charge in [-0.3, -0.25) is 9.59 Å². The second-order valence-electron chi connectivity index (χ2n) is 7.27. The highest BCUT2D eigenvalue weighted by molar-refractivity contribution is 5.95. The topological polar surface area (TPSA) is 58.6 Å². The zero-order chi connectivity index (χ0) is 20.1. The van der Waals surface area contributed by atoms with Gasteiger partial charge in [0.2, 0.25) is 0 Å². The van der Waals surface area contributed by atoms with Crippen molar-refractivity contribution in [3.8, 4) is 5.75 Å². The molecule has 3 rings (SSSR count). The Bertz CT molecular complexity index is 836. The van der Waals surface area contributed by atoms with Crippen LogP contribution in [0.5, 0.6) is 5.75 Å². The molecule has 2 aromatic carbocycles. The summed E-state index contributed by atoms with van der Waals surface area (Å²) in [6, 6.07) is 12.7. The first-order chi connectivity index (χ1) is 13.4. The molecule has 0 radical (unpaired) electrons. The molecule has 1 aliphatic rings. The Labute approximate surface area is 164 Å². The van der Waals surface area contributed by atoms with Crippen molar-refractivity contribution in [3.05, 3.63) is 65.5 Å². The molecular formula is C22H25FN2O3. The fourth-order valence-corrected chi connectivity index (χ4v) is 3.30. The van der Waals surface area contributed by atoms with Gasteiger partial charge < -0.3 is 15.0 Å². The fourth-order valence-electron chi connectivity index (χ4n) is 3.30. The number of likely N-dealkylation sites (tertiary alicyclic amines) is 1. The number of hydrogen-bond acceptors (Lipinski definition) is 3. The van der Waals surface area contributed by atoms with Crippen LogP contribution in [-0.2, 0) is 0 Å². The summed E-state index contributed by atoms with van der Waals surface area (Å²) >= 11 is 0. The molecule has 0 aliphatic carbocycles. The van der Waals surface area contributed by atoms with Gasteiger partial charge in [0.05, 0.1) is 6.04 Å². The molecule has 5 nitrogen and oxygen atoms in total. The predicted octanol–water partition coefficient (Wildman–Crippen LogP) is 3.65. The maximum absolute atomic E-state index is 13.4. The van der Waals surface area contributed by atoms with Gasteiger partial charge in [0.15, 0.2) is 0 Å². The SMILES string of the molecule is CC(C)NC(=O)c1ccc(OC[C@H]2CCCN2C(=O)c2cccc(F)c2)cc1. The van der Waals surface area contributed by atoms with E-state index in [1.54, 1.807) is 41.3 Å². The minimum atomic E-state index is -0.417. The first-order valence-electron chi connectivity index (χ1n) is 9.54. The van der Waals surface area contributed by atoms with E-state index in [1.165, 1.54) is 12.1 Å². The number of amides is 2. The van der Waals surface area contributed by atoms with E-state index >= 15 is 0 Å². The van der Waals surface area contributed by atoms with E-state index in [1.807, 2.05) is 13.8 Å². The molecule has 148 valence electrons. The summed E-state index contributed by atoms with van der Waals surface area (Å²) in [5, 5.41) is 2.84. The van der Waals surface area contributed by atoms with E-state index < -0.39 is 5.82 Å². The van der Waals surface area contributed by atoms with E-state index in [4.69, 9.17) is 4.74 Å². The summed E-state index contributed by atoms with van der Waals surface area (Å²) in [5.74, 6) is -0.0684. The molecule has 0 unspecified atom stereocenters. The molecular weight excluding hydrogens is 359 g/mol. The van der Waals surface area contributed by atoms with Crippen molar-refractivity contribution in [2.45, 2.75) is 38.8 Å². The average molecular weight is 384 g/mol. The molecule has 2 amide bonds. The quantitative estimate of drug-likeness (QED) is 0.827. The predicted molar refractivity (Wildman–Crippen MR) is 105 cm³/mol. The minimum Gasteiger partial charge on any atom is -0.491 e. The van der Waals surface area contributed by atoms with Crippen molar-refractivity contribution in [1.82, 2.24) is 10.2 Å². The maximum Gasteiger partial charge on any atom is 0.254 e. The van der Waals surface area contributed by atoms with Gasteiger partial charge in [0.25, 0.3) is 11.8 Å². The third kappa shape index (κ3) is 4.88. The molecule has 1 aliphatic heterocycles. The van der Waals surface area contributed by atoms with Crippen LogP contribution in [0.15, 0.2) is 48.5 Å². The van der Waals surface area contributed by atoms with E-state index in [0.29, 0.717) is 30.0 Å². The number of halogens is 1. The van der Waals surface area contributed by atoms with Crippen LogP contribution < -0.4 is 10.1 Å². The Hall–Kier alpha value is -2.89. The molecule has 1 heterocycles. The number of benzene rings is 2. The summed E-state index contributed by atoms with van der Waals surface area (Å²) in [6.45, 7) is 4.82. The number of rotatable bonds is 6. The smallest absolute Gasteiger partial charge is 0.254 e. The lowest BCUT2D eigenvalue weighted by atomic mass is 10.1. The molecule has 0 saturated carbocycles. The van der Waals surface area contributed by atoms with Crippen LogP contribution in [0, 0.1) is 5.82 Å². The zero-order valence-corrected chi connectivity index (χ0v) is 16.2. The highest BCUT2D eigenvalue weighted by atomic mass is 19.1. The van der Waals surface area contributed by atoms with Gasteiger partial charge in [-0.05, 0) is 69.2 Å². The Balaban J connectivity index is 1.59. The van der Waals surface area contributed by atoms with Gasteiger partial charge >= 0.3 is 0 Å². The summed E-state index contributed by atoms with van der Waals surface area (Å²) in [7, 11) is 0. The second-order valence-corrected chi connectivity index (χ2v) is 7.27. The van der Waals surface area contributed by atoms with Crippen molar-refractivity contribution in [2.24, 2.45) is 0 Å². The molecule has 1 N–H and O–H groups in total. The largest absolute Gasteiger partial charge is 0.491 e. The van der Waals surface area contributed by atoms with Gasteiger partial charge in [0.1, 0.15) is 18.2 Å². The molecule has 1 fully saturated rings. The average Bonchev–Trinajstić information content (AvgIpc) is 3.14. The van der Waals surface area contributed by atoms with Gasteiger partial charge in [-0.15, -0.1) is 0 Å². The van der Waals surface area contributed by atoms with Crippen molar-refractivity contribution in [1.29, 1.82) is 0 Å². The first kappa shape index (κ1) is 19.9. The standard InChI is InChI=1S/C22H25FN2O3/c1-15(2)24-21(26)16-8-10-20(11-9-16)28-14-19-7-4-12-25(19)22(27)17-5-3-6-18(23)13-17/h3,5-6,8-11,13,15,19H,4,7,12,14H2,1-2H3,(H,24,26)/t19-/m1/s1. The molecule has 28 heavy (non-hydrogen) atoms. The summed E-state index contributed by atoms with van der Waals surface area (Å²) < 4.78 is 19.3. The highest BCUT2D eigenvalue weighted by Crippen LogP contribution is 2.22. The minimum absolute atomic E-state index is 0.0558. The highest BCUT2D eigenvalue weighted by Gasteiger charge is 2.30. The number of nitrogens with zero attached hydrogens (tertiary/aromatic N) is 1. The van der Waals surface area contributed by atoms with E-state index in [0.717, 1.165) is 12.8 Å². The second kappa shape index (κ2) is 8.87. The van der Waals surface area contributed by atoms with Gasteiger partial charge in [-0.2, -0.15) is 0 Å². The third-order valence-corrected chi connectivity index (χ3v) is 4.69. The number of carbonyl (C=O) groups is 2. The maximum atomic E-state index is 13.4. The molecule has 1 saturated heterocycles. The summed E-state index contributed by atoms with van der Waals surface area (Å²) in [5.41, 5.74) is 0.928. The molecule has 2 aromatic rings. The van der Waals surface area contributed by atoms with Gasteiger partial charge in [0, 0.05) is 23.7 Å². The number of carbonyl (C=O) groups excluding carboxylic acids is 2. The molecule has 1 atom stereocenters. The van der Waals surface area contributed by atoms with Crippen molar-refractivity contribution >= 4 is 11.8 Å². The van der Waals surface area contributed by atoms with Crippen LogP contribution in [0.4, 0.5) is 4.39 Å². The van der Waals surface area contributed by atoms with Crippen molar-refractivity contribution in [3.63, 3.8) is 0 Å². The number of nitrogens with one attached hydrogen (secondary N) is 1. The van der Waals surface area contributed by atoms with E-state index in [9.17, 15) is 14.0 Å². The van der Waals surface area contributed by atoms with Gasteiger partial charge in [-0.1, -0.05) is 6.07 Å². The Morgan fingerprint density at radius 2 is 1.93 bits per heavy atom. The van der Waals surface area contributed by atoms with E-state index in [-0.39, 0.29) is 23.9 Å². The molecule has 0 bridgehead atoms. The Morgan fingerprint density at radius 1 is 1.18 bits per heavy atom. The third-order valence-electron chi connectivity index (χ3n) is 4.69. The number of ether oxygens (including phenoxy) is 1. The summed E-state index contributed by atoms with van der Waals surface area (Å²) in [6.07, 6.45) is 1.74. The van der Waals surface area contributed by atoms with Crippen molar-refractivity contribution < 1.29 is 18.7 Å². The molecule has 6 heteroatoms. The number of hydrogen-bond donors (Lipinski definition) is 1. The monoisotopic (exact) mass is 384 g/mol. The van der Waals surface area contributed by atoms with Crippen LogP contribution in [-0.4, -0.2) is 41.9 Å². The fraction of sp³-hybridized carbons (Fsp3) is 0.364. The molecule has 0 aromatic heterocycles. The van der Waals surface area contributed by atoms with Crippen molar-refractivity contribution in [2.75, 3.05) is 13.2 Å².